The van der Waals surface area contributed by atoms with E-state index in [1.807, 2.05) is 30.4 Å². The van der Waals surface area contributed by atoms with E-state index in [-0.39, 0.29) is 12.8 Å². The van der Waals surface area contributed by atoms with Gasteiger partial charge in [0.15, 0.2) is 6.10 Å². The summed E-state index contributed by atoms with van der Waals surface area (Å²) >= 11 is 0. The van der Waals surface area contributed by atoms with Crippen LogP contribution >= 0.6 is 7.82 Å². The summed E-state index contributed by atoms with van der Waals surface area (Å²) in [5, 5.41) is 60.2. The van der Waals surface area contributed by atoms with Crippen molar-refractivity contribution in [1.82, 2.24) is 0 Å². The van der Waals surface area contributed by atoms with Crippen LogP contribution in [0.5, 0.6) is 0 Å². The molecule has 1 aliphatic carbocycles. The maximum Gasteiger partial charge on any atom is 0.472 e. The minimum Gasteiger partial charge on any atom is -0.462 e. The number of phosphoric ester groups is 1. The summed E-state index contributed by atoms with van der Waals surface area (Å²) in [7, 11) is -5.14. The number of esters is 2. The van der Waals surface area contributed by atoms with Crippen molar-refractivity contribution >= 4 is 19.8 Å². The number of carbonyl (C=O) groups excluding carboxylic acids is 2. The van der Waals surface area contributed by atoms with Crippen molar-refractivity contribution in [1.29, 1.82) is 0 Å². The summed E-state index contributed by atoms with van der Waals surface area (Å²) in [5.74, 6) is -1.20. The van der Waals surface area contributed by atoms with E-state index in [2.05, 4.69) is 13.8 Å². The lowest BCUT2D eigenvalue weighted by Gasteiger charge is -2.41. The molecule has 1 aliphatic rings. The zero-order chi connectivity index (χ0) is 44.4. The number of aliphatic hydroxyl groups excluding tert-OH is 6. The molecule has 0 radical (unpaired) electrons. The molecule has 0 amide bonds. The van der Waals surface area contributed by atoms with Crippen molar-refractivity contribution in [3.05, 3.63) is 36.5 Å². The zero-order valence-electron chi connectivity index (χ0n) is 36.6. The summed E-state index contributed by atoms with van der Waals surface area (Å²) in [5.41, 5.74) is 0. The van der Waals surface area contributed by atoms with Gasteiger partial charge in [-0.15, -0.1) is 0 Å². The molecule has 1 saturated carbocycles. The van der Waals surface area contributed by atoms with E-state index in [0.29, 0.717) is 25.7 Å². The maximum atomic E-state index is 12.8. The van der Waals surface area contributed by atoms with Crippen molar-refractivity contribution in [3.8, 4) is 0 Å². The molecule has 7 N–H and O–H groups in total. The lowest BCUT2D eigenvalue weighted by Crippen LogP contribution is -2.64. The van der Waals surface area contributed by atoms with E-state index in [4.69, 9.17) is 18.5 Å². The predicted octanol–water partition coefficient (Wildman–Crippen LogP) is 7.58. The van der Waals surface area contributed by atoms with Gasteiger partial charge in [-0.05, 0) is 32.1 Å². The second kappa shape index (κ2) is 35.5. The molecule has 0 aromatic carbocycles. The van der Waals surface area contributed by atoms with Gasteiger partial charge in [0.25, 0.3) is 0 Å². The Morgan fingerprint density at radius 1 is 0.600 bits per heavy atom. The normalized spacial score (nSPS) is 23.0. The van der Waals surface area contributed by atoms with E-state index in [1.165, 1.54) is 83.5 Å². The summed E-state index contributed by atoms with van der Waals surface area (Å²) in [6.07, 6.45) is 22.3. The number of hydrogen-bond acceptors (Lipinski definition) is 13. The molecule has 0 saturated heterocycles. The Balaban J connectivity index is 2.54. The molecule has 7 unspecified atom stereocenters. The Bertz CT molecular complexity index is 1210. The number of ether oxygens (including phenoxy) is 2. The van der Waals surface area contributed by atoms with Crippen molar-refractivity contribution in [2.45, 2.75) is 223 Å². The van der Waals surface area contributed by atoms with Gasteiger partial charge in [-0.25, -0.2) is 4.57 Å². The Labute approximate surface area is 360 Å². The average Bonchev–Trinajstić information content (AvgIpc) is 3.22. The number of carbonyl (C=O) groups is 2. The molecule has 15 heteroatoms. The van der Waals surface area contributed by atoms with E-state index >= 15 is 0 Å². The minimum atomic E-state index is -5.14. The van der Waals surface area contributed by atoms with Crippen LogP contribution in [0.2, 0.25) is 0 Å². The standard InChI is InChI=1S/C45H81O14P/c1-3-5-7-9-11-12-13-14-15-16-20-24-28-32-38(47)56-34-37(35-57-60(54,55)59-45-43(52)41(50)40(49)42(51)44(45)53)58-39(48)33-29-25-21-18-17-19-23-27-31-36(46)30-26-22-10-8-6-4-2/h18-19,21,23,27,31,36-37,40-46,49-53H,3-17,20,22,24-26,28-30,32-35H2,1-2H3,(H,54,55)/b21-18-,23-19-,31-27-. The monoisotopic (exact) mass is 877 g/mol. The topological polar surface area (TPSA) is 230 Å². The summed E-state index contributed by atoms with van der Waals surface area (Å²) in [6, 6.07) is 0. The van der Waals surface area contributed by atoms with Gasteiger partial charge in [-0.3, -0.25) is 18.6 Å². The average molecular weight is 877 g/mol. The molecule has 0 aromatic rings. The summed E-state index contributed by atoms with van der Waals surface area (Å²) < 4.78 is 33.4. The lowest BCUT2D eigenvalue weighted by atomic mass is 9.85. The van der Waals surface area contributed by atoms with Crippen molar-refractivity contribution in [2.24, 2.45) is 0 Å². The first-order chi connectivity index (χ1) is 28.8. The Morgan fingerprint density at radius 3 is 1.67 bits per heavy atom. The highest BCUT2D eigenvalue weighted by atomic mass is 31.2. The Hall–Kier alpha value is -1.97. The Kier molecular flexibility index (Phi) is 33.1. The van der Waals surface area contributed by atoms with E-state index < -0.39 is 81.8 Å². The quantitative estimate of drug-likeness (QED) is 0.0105. The van der Waals surface area contributed by atoms with Crippen LogP contribution in [-0.2, 0) is 32.7 Å². The molecule has 0 spiro atoms. The van der Waals surface area contributed by atoms with Crippen LogP contribution in [0.25, 0.3) is 0 Å². The fourth-order valence-electron chi connectivity index (χ4n) is 6.83. The van der Waals surface area contributed by atoms with Crippen LogP contribution in [-0.4, -0.2) is 110 Å². The van der Waals surface area contributed by atoms with E-state index in [0.717, 1.165) is 38.5 Å². The van der Waals surface area contributed by atoms with E-state index in [1.54, 1.807) is 6.08 Å². The van der Waals surface area contributed by atoms with Gasteiger partial charge in [-0.1, -0.05) is 166 Å². The van der Waals surface area contributed by atoms with Gasteiger partial charge in [-0.2, -0.15) is 0 Å². The highest BCUT2D eigenvalue weighted by molar-refractivity contribution is 7.47. The van der Waals surface area contributed by atoms with Gasteiger partial charge in [0, 0.05) is 12.8 Å². The molecule has 0 aromatic heterocycles. The third-order valence-corrected chi connectivity index (χ3v) is 11.6. The third kappa shape index (κ3) is 27.9. The molecular formula is C45H81O14P. The van der Waals surface area contributed by atoms with Crippen LogP contribution in [0, 0.1) is 0 Å². The highest BCUT2D eigenvalue weighted by Gasteiger charge is 2.51. The van der Waals surface area contributed by atoms with Crippen molar-refractivity contribution < 1.29 is 68.2 Å². The Morgan fingerprint density at radius 2 is 1.10 bits per heavy atom. The zero-order valence-corrected chi connectivity index (χ0v) is 37.5. The molecule has 1 fully saturated rings. The first-order valence-corrected chi connectivity index (χ1v) is 24.4. The fourth-order valence-corrected chi connectivity index (χ4v) is 7.80. The van der Waals surface area contributed by atoms with Gasteiger partial charge in [0.05, 0.1) is 12.7 Å². The molecule has 7 atom stereocenters. The van der Waals surface area contributed by atoms with Crippen LogP contribution in [0.15, 0.2) is 36.5 Å². The molecule has 1 rings (SSSR count). The highest BCUT2D eigenvalue weighted by Crippen LogP contribution is 2.47. The van der Waals surface area contributed by atoms with Gasteiger partial charge < -0.3 is 45.0 Å². The van der Waals surface area contributed by atoms with Gasteiger partial charge >= 0.3 is 19.8 Å². The molecular weight excluding hydrogens is 795 g/mol. The molecule has 14 nitrogen and oxygen atoms in total. The first kappa shape index (κ1) is 56.0. The smallest absolute Gasteiger partial charge is 0.462 e. The molecule has 350 valence electrons. The second-order valence-electron chi connectivity index (χ2n) is 16.1. The van der Waals surface area contributed by atoms with Crippen LogP contribution in [0.1, 0.15) is 174 Å². The fraction of sp³-hybridized carbons (Fsp3) is 0.822. The largest absolute Gasteiger partial charge is 0.472 e. The number of phosphoric acid groups is 1. The number of aliphatic hydroxyl groups is 6. The summed E-state index contributed by atoms with van der Waals surface area (Å²) in [4.78, 5) is 35.6. The number of rotatable bonds is 37. The van der Waals surface area contributed by atoms with Crippen LogP contribution < -0.4 is 0 Å². The third-order valence-electron chi connectivity index (χ3n) is 10.6. The summed E-state index contributed by atoms with van der Waals surface area (Å²) in [6.45, 7) is 3.17. The predicted molar refractivity (Wildman–Crippen MR) is 232 cm³/mol. The lowest BCUT2D eigenvalue weighted by molar-refractivity contribution is -0.220. The van der Waals surface area contributed by atoms with E-state index in [9.17, 15) is 49.7 Å². The SMILES string of the molecule is CCCCCCCCCCCCCCCC(=O)OCC(COP(=O)(O)OC1C(O)C(O)C(O)C(O)C1O)OC(=O)CCC/C=C\C/C=C\C=C/C(O)CCCCCCCC. The molecule has 0 aliphatic heterocycles. The number of unbranched alkanes of at least 4 members (excludes halogenated alkanes) is 18. The molecule has 0 bridgehead atoms. The van der Waals surface area contributed by atoms with Gasteiger partial charge in [0.2, 0.25) is 0 Å². The molecule has 0 heterocycles. The molecule has 60 heavy (non-hydrogen) atoms. The van der Waals surface area contributed by atoms with Crippen molar-refractivity contribution in [2.75, 3.05) is 13.2 Å². The first-order valence-electron chi connectivity index (χ1n) is 22.9. The van der Waals surface area contributed by atoms with Crippen LogP contribution in [0.4, 0.5) is 0 Å². The van der Waals surface area contributed by atoms with Crippen LogP contribution in [0.3, 0.4) is 0 Å². The van der Waals surface area contributed by atoms with Crippen molar-refractivity contribution in [3.63, 3.8) is 0 Å². The van der Waals surface area contributed by atoms with Gasteiger partial charge in [0.1, 0.15) is 43.2 Å². The minimum absolute atomic E-state index is 0.00530. The maximum absolute atomic E-state index is 12.8. The second-order valence-corrected chi connectivity index (χ2v) is 17.5. The number of allylic oxidation sites excluding steroid dienone is 5. The number of hydrogen-bond donors (Lipinski definition) is 7.